The van der Waals surface area contributed by atoms with Gasteiger partial charge in [-0.2, -0.15) is 4.80 Å². The van der Waals surface area contributed by atoms with E-state index in [1.54, 1.807) is 24.3 Å². The Labute approximate surface area is 147 Å². The number of carboxylic acids is 1. The van der Waals surface area contributed by atoms with Crippen LogP contribution >= 0.6 is 11.6 Å². The number of aliphatic carboxylic acids is 1. The van der Waals surface area contributed by atoms with Gasteiger partial charge < -0.3 is 15.1 Å². The summed E-state index contributed by atoms with van der Waals surface area (Å²) in [7, 11) is 0. The Morgan fingerprint density at radius 3 is 2.44 bits per heavy atom. The molecule has 25 heavy (non-hydrogen) atoms. The van der Waals surface area contributed by atoms with E-state index in [9.17, 15) is 14.7 Å². The van der Waals surface area contributed by atoms with Crippen molar-refractivity contribution in [1.29, 1.82) is 0 Å². The molecule has 1 aromatic carbocycles. The molecule has 3 rings (SSSR count). The van der Waals surface area contributed by atoms with Crippen molar-refractivity contribution in [2.24, 2.45) is 0 Å². The van der Waals surface area contributed by atoms with E-state index in [-0.39, 0.29) is 38.4 Å². The molecule has 2 aromatic rings. The van der Waals surface area contributed by atoms with Crippen LogP contribution in [0.2, 0.25) is 5.02 Å². The second-order valence-electron chi connectivity index (χ2n) is 5.87. The van der Waals surface area contributed by atoms with Crippen molar-refractivity contribution in [2.45, 2.75) is 25.0 Å². The van der Waals surface area contributed by atoms with E-state index >= 15 is 0 Å². The van der Waals surface area contributed by atoms with Gasteiger partial charge in [-0.15, -0.1) is 10.2 Å². The molecule has 2 heterocycles. The highest BCUT2D eigenvalue weighted by Crippen LogP contribution is 2.22. The van der Waals surface area contributed by atoms with Crippen LogP contribution in [-0.4, -0.2) is 65.9 Å². The number of tetrazole rings is 1. The van der Waals surface area contributed by atoms with Crippen LogP contribution in [0.15, 0.2) is 24.3 Å². The molecule has 1 aromatic heterocycles. The van der Waals surface area contributed by atoms with E-state index in [1.165, 1.54) is 9.70 Å². The SMILES string of the molecule is O=C(Cn1nnc(-c2ccc(Cl)cc2)n1)N1CCC(O)(C(=O)O)CC1. The summed E-state index contributed by atoms with van der Waals surface area (Å²) in [6, 6.07) is 6.92. The number of amides is 1. The number of carbonyl (C=O) groups excluding carboxylic acids is 1. The van der Waals surface area contributed by atoms with Crippen LogP contribution in [-0.2, 0) is 16.1 Å². The van der Waals surface area contributed by atoms with E-state index in [0.717, 1.165) is 5.56 Å². The number of benzene rings is 1. The topological polar surface area (TPSA) is 121 Å². The van der Waals surface area contributed by atoms with Gasteiger partial charge in [0.25, 0.3) is 0 Å². The highest BCUT2D eigenvalue weighted by Gasteiger charge is 2.40. The monoisotopic (exact) mass is 365 g/mol. The molecule has 1 fully saturated rings. The van der Waals surface area contributed by atoms with Gasteiger partial charge >= 0.3 is 5.97 Å². The Morgan fingerprint density at radius 2 is 1.84 bits per heavy atom. The van der Waals surface area contributed by atoms with Crippen LogP contribution in [0.5, 0.6) is 0 Å². The number of halogens is 1. The molecule has 0 bridgehead atoms. The lowest BCUT2D eigenvalue weighted by Crippen LogP contribution is -2.51. The van der Waals surface area contributed by atoms with Crippen LogP contribution in [0.3, 0.4) is 0 Å². The predicted octanol–water partition coefficient (Wildman–Crippen LogP) is 0.432. The first-order chi connectivity index (χ1) is 11.9. The van der Waals surface area contributed by atoms with Gasteiger partial charge in [0.1, 0.15) is 6.54 Å². The maximum Gasteiger partial charge on any atom is 0.335 e. The molecule has 132 valence electrons. The maximum atomic E-state index is 12.3. The van der Waals surface area contributed by atoms with Gasteiger partial charge in [0.15, 0.2) is 5.60 Å². The van der Waals surface area contributed by atoms with Crippen molar-refractivity contribution in [3.8, 4) is 11.4 Å². The third-order valence-corrected chi connectivity index (χ3v) is 4.43. The molecule has 0 saturated carbocycles. The molecule has 0 unspecified atom stereocenters. The number of hydrogen-bond acceptors (Lipinski definition) is 6. The number of carboxylic acid groups (broad SMARTS) is 1. The number of carbonyl (C=O) groups is 2. The molecule has 2 N–H and O–H groups in total. The Bertz CT molecular complexity index is 783. The van der Waals surface area contributed by atoms with Crippen LogP contribution in [0.25, 0.3) is 11.4 Å². The largest absolute Gasteiger partial charge is 0.479 e. The first-order valence-electron chi connectivity index (χ1n) is 7.65. The zero-order chi connectivity index (χ0) is 18.0. The highest BCUT2D eigenvalue weighted by molar-refractivity contribution is 6.30. The van der Waals surface area contributed by atoms with Crippen molar-refractivity contribution in [3.63, 3.8) is 0 Å². The minimum absolute atomic E-state index is 0.00508. The highest BCUT2D eigenvalue weighted by atomic mass is 35.5. The molecular formula is C15H16ClN5O4. The zero-order valence-corrected chi connectivity index (χ0v) is 13.9. The maximum absolute atomic E-state index is 12.3. The van der Waals surface area contributed by atoms with Gasteiger partial charge in [-0.25, -0.2) is 4.79 Å². The standard InChI is InChI=1S/C15H16ClN5O4/c16-11-3-1-10(2-4-11)13-17-19-21(18-13)9-12(22)20-7-5-15(25,6-8-20)14(23)24/h1-4,25H,5-9H2,(H,23,24). The minimum atomic E-state index is -1.76. The van der Waals surface area contributed by atoms with E-state index < -0.39 is 11.6 Å². The summed E-state index contributed by atoms with van der Waals surface area (Å²) in [5, 5.41) is 31.4. The molecule has 0 atom stereocenters. The number of likely N-dealkylation sites (tertiary alicyclic amines) is 1. The summed E-state index contributed by atoms with van der Waals surface area (Å²) < 4.78 is 0. The Morgan fingerprint density at radius 1 is 1.20 bits per heavy atom. The van der Waals surface area contributed by atoms with Crippen LogP contribution in [0.1, 0.15) is 12.8 Å². The number of hydrogen-bond donors (Lipinski definition) is 2. The third-order valence-electron chi connectivity index (χ3n) is 4.17. The molecule has 1 amide bonds. The summed E-state index contributed by atoms with van der Waals surface area (Å²) in [4.78, 5) is 26.0. The molecular weight excluding hydrogens is 350 g/mol. The van der Waals surface area contributed by atoms with Crippen molar-refractivity contribution in [2.75, 3.05) is 13.1 Å². The van der Waals surface area contributed by atoms with E-state index in [4.69, 9.17) is 16.7 Å². The average molecular weight is 366 g/mol. The van der Waals surface area contributed by atoms with E-state index in [0.29, 0.717) is 10.8 Å². The fourth-order valence-electron chi connectivity index (χ4n) is 2.59. The number of piperidine rings is 1. The molecule has 0 spiro atoms. The summed E-state index contributed by atoms with van der Waals surface area (Å²) >= 11 is 5.83. The first kappa shape index (κ1) is 17.3. The smallest absolute Gasteiger partial charge is 0.335 e. The summed E-state index contributed by atoms with van der Waals surface area (Å²) in [5.41, 5.74) is -1.03. The van der Waals surface area contributed by atoms with Gasteiger partial charge in [0, 0.05) is 36.5 Å². The van der Waals surface area contributed by atoms with Crippen LogP contribution < -0.4 is 0 Å². The second kappa shape index (κ2) is 6.77. The average Bonchev–Trinajstić information content (AvgIpc) is 3.04. The Balaban J connectivity index is 1.61. The number of nitrogens with zero attached hydrogens (tertiary/aromatic N) is 5. The van der Waals surface area contributed by atoms with Gasteiger partial charge in [-0.3, -0.25) is 4.79 Å². The van der Waals surface area contributed by atoms with Crippen LogP contribution in [0, 0.1) is 0 Å². The summed E-state index contributed by atoms with van der Waals surface area (Å²) in [5.74, 6) is -1.14. The van der Waals surface area contributed by atoms with Gasteiger partial charge in [0.2, 0.25) is 11.7 Å². The molecule has 10 heteroatoms. The van der Waals surface area contributed by atoms with Crippen LogP contribution in [0.4, 0.5) is 0 Å². The van der Waals surface area contributed by atoms with Crippen molar-refractivity contribution < 1.29 is 19.8 Å². The van der Waals surface area contributed by atoms with Gasteiger partial charge in [-0.1, -0.05) is 11.6 Å². The van der Waals surface area contributed by atoms with Crippen molar-refractivity contribution >= 4 is 23.5 Å². The van der Waals surface area contributed by atoms with Gasteiger partial charge in [-0.05, 0) is 29.5 Å². The quantitative estimate of drug-likeness (QED) is 0.805. The summed E-state index contributed by atoms with van der Waals surface area (Å²) in [6.45, 7) is 0.229. The number of aliphatic hydroxyl groups is 1. The normalized spacial score (nSPS) is 16.6. The molecule has 0 aliphatic carbocycles. The molecule has 1 aliphatic heterocycles. The molecule has 9 nitrogen and oxygen atoms in total. The number of aromatic nitrogens is 4. The Kier molecular flexibility index (Phi) is 4.69. The second-order valence-corrected chi connectivity index (χ2v) is 6.30. The van der Waals surface area contributed by atoms with Crippen molar-refractivity contribution in [1.82, 2.24) is 25.1 Å². The molecule has 0 radical (unpaired) electrons. The number of rotatable bonds is 4. The Hall–Kier alpha value is -2.52. The molecule has 1 saturated heterocycles. The molecule has 1 aliphatic rings. The lowest BCUT2D eigenvalue weighted by molar-refractivity contribution is -0.165. The first-order valence-corrected chi connectivity index (χ1v) is 8.02. The fraction of sp³-hybridized carbons (Fsp3) is 0.400. The predicted molar refractivity (Wildman–Crippen MR) is 86.7 cm³/mol. The zero-order valence-electron chi connectivity index (χ0n) is 13.2. The third kappa shape index (κ3) is 3.77. The fourth-order valence-corrected chi connectivity index (χ4v) is 2.71. The minimum Gasteiger partial charge on any atom is -0.479 e. The van der Waals surface area contributed by atoms with E-state index in [2.05, 4.69) is 15.4 Å². The van der Waals surface area contributed by atoms with Crippen molar-refractivity contribution in [3.05, 3.63) is 29.3 Å². The summed E-state index contributed by atoms with van der Waals surface area (Å²) in [6.07, 6.45) is -0.0102. The van der Waals surface area contributed by atoms with Gasteiger partial charge in [0.05, 0.1) is 0 Å². The lowest BCUT2D eigenvalue weighted by atomic mass is 9.91. The van der Waals surface area contributed by atoms with E-state index in [1.807, 2.05) is 0 Å². The lowest BCUT2D eigenvalue weighted by Gasteiger charge is -2.35.